The Hall–Kier alpha value is -1.12. The second-order valence-electron chi connectivity index (χ2n) is 5.41. The Morgan fingerprint density at radius 3 is 2.68 bits per heavy atom. The maximum atomic E-state index is 5.55. The average molecular weight is 259 g/mol. The molecule has 0 aliphatic heterocycles. The molecule has 1 atom stereocenters. The third-order valence-electron chi connectivity index (χ3n) is 3.56. The molecule has 0 aromatic heterocycles. The molecule has 1 fully saturated rings. The van der Waals surface area contributed by atoms with Gasteiger partial charge < -0.3 is 10.1 Å². The Balaban J connectivity index is 1.75. The van der Waals surface area contributed by atoms with Gasteiger partial charge in [0.2, 0.25) is 0 Å². The van der Waals surface area contributed by atoms with Gasteiger partial charge in [0.05, 0.1) is 13.2 Å². The van der Waals surface area contributed by atoms with Gasteiger partial charge in [-0.1, -0.05) is 43.3 Å². The van der Waals surface area contributed by atoms with Crippen LogP contribution in [0.2, 0.25) is 0 Å². The van der Waals surface area contributed by atoms with Gasteiger partial charge in [-0.3, -0.25) is 0 Å². The number of benzene rings is 1. The van der Waals surface area contributed by atoms with Gasteiger partial charge in [-0.2, -0.15) is 0 Å². The monoisotopic (exact) mass is 259 g/mol. The smallest absolute Gasteiger partial charge is 0.0721 e. The molecule has 0 amide bonds. The van der Waals surface area contributed by atoms with Crippen molar-refractivity contribution < 1.29 is 4.74 Å². The lowest BCUT2D eigenvalue weighted by Crippen LogP contribution is -2.21. The maximum Gasteiger partial charge on any atom is 0.0721 e. The van der Waals surface area contributed by atoms with Crippen molar-refractivity contribution in [3.8, 4) is 0 Å². The van der Waals surface area contributed by atoms with Crippen LogP contribution in [0.15, 0.2) is 36.4 Å². The molecule has 0 radical (unpaired) electrons. The fourth-order valence-electron chi connectivity index (χ4n) is 2.03. The Morgan fingerprint density at radius 1 is 1.32 bits per heavy atom. The van der Waals surface area contributed by atoms with E-state index >= 15 is 0 Å². The molecule has 1 aliphatic rings. The Morgan fingerprint density at radius 2 is 2.05 bits per heavy atom. The molecule has 19 heavy (non-hydrogen) atoms. The lowest BCUT2D eigenvalue weighted by molar-refractivity contribution is 0.148. The second kappa shape index (κ2) is 7.46. The normalized spacial score (nSPS) is 16.9. The summed E-state index contributed by atoms with van der Waals surface area (Å²) in [5, 5.41) is 3.59. The van der Waals surface area contributed by atoms with E-state index in [1.165, 1.54) is 24.0 Å². The van der Waals surface area contributed by atoms with E-state index < -0.39 is 0 Å². The topological polar surface area (TPSA) is 21.3 Å². The van der Waals surface area contributed by atoms with Crippen molar-refractivity contribution in [3.63, 3.8) is 0 Å². The molecule has 0 spiro atoms. The minimum absolute atomic E-state index is 0.582. The molecule has 104 valence electrons. The first-order valence-corrected chi connectivity index (χ1v) is 7.30. The van der Waals surface area contributed by atoms with Crippen LogP contribution in [0.25, 0.3) is 0 Å². The zero-order chi connectivity index (χ0) is 13.5. The van der Waals surface area contributed by atoms with E-state index in [0.717, 1.165) is 12.6 Å². The maximum absolute atomic E-state index is 5.55. The molecular weight excluding hydrogens is 234 g/mol. The van der Waals surface area contributed by atoms with Crippen LogP contribution < -0.4 is 5.32 Å². The Bertz CT molecular complexity index is 392. The molecule has 1 N–H and O–H groups in total. The molecule has 0 saturated heterocycles. The minimum atomic E-state index is 0.582. The van der Waals surface area contributed by atoms with Crippen molar-refractivity contribution in [3.05, 3.63) is 47.5 Å². The van der Waals surface area contributed by atoms with Crippen molar-refractivity contribution in [1.29, 1.82) is 0 Å². The molecule has 1 unspecified atom stereocenters. The predicted octanol–water partition coefficient (Wildman–Crippen LogP) is 3.63. The molecule has 2 heteroatoms. The van der Waals surface area contributed by atoms with Gasteiger partial charge >= 0.3 is 0 Å². The summed E-state index contributed by atoms with van der Waals surface area (Å²) in [5.41, 5.74) is 2.65. The van der Waals surface area contributed by atoms with Crippen LogP contribution in [0.4, 0.5) is 0 Å². The highest BCUT2D eigenvalue weighted by atomic mass is 16.5. The van der Waals surface area contributed by atoms with Gasteiger partial charge in [-0.15, -0.1) is 0 Å². The summed E-state index contributed by atoms with van der Waals surface area (Å²) in [6.07, 6.45) is 6.75. The number of allylic oxidation sites excluding steroid dienone is 1. The number of ether oxygens (including phenoxy) is 1. The first-order valence-electron chi connectivity index (χ1n) is 7.30. The van der Waals surface area contributed by atoms with Crippen LogP contribution in [0.3, 0.4) is 0 Å². The van der Waals surface area contributed by atoms with Gasteiger partial charge in [0, 0.05) is 12.6 Å². The van der Waals surface area contributed by atoms with Gasteiger partial charge in [-0.25, -0.2) is 0 Å². The van der Waals surface area contributed by atoms with Gasteiger partial charge in [0.25, 0.3) is 0 Å². The standard InChI is InChI=1S/C17H25NO/c1-3-4-11-19-13-15-5-7-16(8-6-15)14(2)12-18-17-9-10-17/h3-8,14,17-18H,9-13H2,1-2H3/b4-3+. The van der Waals surface area contributed by atoms with E-state index in [0.29, 0.717) is 19.1 Å². The summed E-state index contributed by atoms with van der Waals surface area (Å²) in [7, 11) is 0. The van der Waals surface area contributed by atoms with Crippen LogP contribution in [-0.4, -0.2) is 19.2 Å². The van der Waals surface area contributed by atoms with Crippen LogP contribution in [0, 0.1) is 0 Å². The van der Waals surface area contributed by atoms with E-state index in [-0.39, 0.29) is 0 Å². The Kier molecular flexibility index (Phi) is 5.62. The average Bonchev–Trinajstić information content (AvgIpc) is 3.26. The highest BCUT2D eigenvalue weighted by Crippen LogP contribution is 2.21. The Labute approximate surface area is 116 Å². The lowest BCUT2D eigenvalue weighted by atomic mass is 10.00. The van der Waals surface area contributed by atoms with E-state index in [9.17, 15) is 0 Å². The van der Waals surface area contributed by atoms with Gasteiger partial charge in [0.1, 0.15) is 0 Å². The zero-order valence-electron chi connectivity index (χ0n) is 12.1. The van der Waals surface area contributed by atoms with Crippen molar-refractivity contribution >= 4 is 0 Å². The van der Waals surface area contributed by atoms with Crippen molar-refractivity contribution in [2.24, 2.45) is 0 Å². The van der Waals surface area contributed by atoms with Crippen LogP contribution in [-0.2, 0) is 11.3 Å². The van der Waals surface area contributed by atoms with E-state index in [1.807, 2.05) is 19.1 Å². The number of hydrogen-bond acceptors (Lipinski definition) is 2. The SMILES string of the molecule is C/C=C/COCc1ccc(C(C)CNC2CC2)cc1. The molecule has 1 aromatic carbocycles. The highest BCUT2D eigenvalue weighted by molar-refractivity contribution is 5.25. The molecule has 1 aliphatic carbocycles. The fourth-order valence-corrected chi connectivity index (χ4v) is 2.03. The number of rotatable bonds is 8. The van der Waals surface area contributed by atoms with E-state index in [1.54, 1.807) is 0 Å². The van der Waals surface area contributed by atoms with Gasteiger partial charge in [-0.05, 0) is 36.8 Å². The third-order valence-corrected chi connectivity index (χ3v) is 3.56. The van der Waals surface area contributed by atoms with Crippen LogP contribution >= 0.6 is 0 Å². The zero-order valence-corrected chi connectivity index (χ0v) is 12.1. The molecule has 0 bridgehead atoms. The molecule has 2 nitrogen and oxygen atoms in total. The van der Waals surface area contributed by atoms with Crippen molar-refractivity contribution in [2.45, 2.75) is 45.3 Å². The number of nitrogens with one attached hydrogen (secondary N) is 1. The molecule has 2 rings (SSSR count). The lowest BCUT2D eigenvalue weighted by Gasteiger charge is -2.13. The first-order chi connectivity index (χ1) is 9.29. The minimum Gasteiger partial charge on any atom is -0.373 e. The van der Waals surface area contributed by atoms with Crippen LogP contribution in [0.5, 0.6) is 0 Å². The quantitative estimate of drug-likeness (QED) is 0.568. The van der Waals surface area contributed by atoms with Gasteiger partial charge in [0.15, 0.2) is 0 Å². The summed E-state index contributed by atoms with van der Waals surface area (Å²) in [6, 6.07) is 9.61. The van der Waals surface area contributed by atoms with Crippen LogP contribution in [0.1, 0.15) is 43.7 Å². The van der Waals surface area contributed by atoms with Crippen molar-refractivity contribution in [1.82, 2.24) is 5.32 Å². The largest absolute Gasteiger partial charge is 0.373 e. The van der Waals surface area contributed by atoms with E-state index in [2.05, 4.69) is 36.5 Å². The third kappa shape index (κ3) is 5.17. The summed E-state index contributed by atoms with van der Waals surface area (Å²) < 4.78 is 5.55. The first kappa shape index (κ1) is 14.3. The van der Waals surface area contributed by atoms with Crippen molar-refractivity contribution in [2.75, 3.05) is 13.2 Å². The molecule has 0 heterocycles. The predicted molar refractivity (Wildman–Crippen MR) is 80.4 cm³/mol. The highest BCUT2D eigenvalue weighted by Gasteiger charge is 2.21. The summed E-state index contributed by atoms with van der Waals surface area (Å²) in [5.74, 6) is 0.582. The summed E-state index contributed by atoms with van der Waals surface area (Å²) in [6.45, 7) is 6.77. The second-order valence-corrected chi connectivity index (χ2v) is 5.41. The number of hydrogen-bond donors (Lipinski definition) is 1. The molecule has 1 saturated carbocycles. The molecular formula is C17H25NO. The summed E-state index contributed by atoms with van der Waals surface area (Å²) >= 11 is 0. The molecule has 1 aromatic rings. The van der Waals surface area contributed by atoms with E-state index in [4.69, 9.17) is 4.74 Å². The summed E-state index contributed by atoms with van der Waals surface area (Å²) in [4.78, 5) is 0. The fraction of sp³-hybridized carbons (Fsp3) is 0.529.